The van der Waals surface area contributed by atoms with Crippen molar-refractivity contribution in [3.8, 4) is 5.75 Å². The Kier molecular flexibility index (Phi) is 4.93. The first-order chi connectivity index (χ1) is 12.0. The zero-order chi connectivity index (χ0) is 18.0. The molecule has 1 saturated heterocycles. The van der Waals surface area contributed by atoms with Crippen LogP contribution in [0.25, 0.3) is 0 Å². The molecule has 0 spiro atoms. The number of aromatic nitrogens is 1. The van der Waals surface area contributed by atoms with Crippen LogP contribution in [-0.4, -0.2) is 33.6 Å². The van der Waals surface area contributed by atoms with Gasteiger partial charge in [-0.25, -0.2) is 0 Å². The summed E-state index contributed by atoms with van der Waals surface area (Å²) in [6, 6.07) is 10.5. The molecule has 0 aliphatic carbocycles. The Morgan fingerprint density at radius 3 is 2.40 bits per heavy atom. The first kappa shape index (κ1) is 17.3. The fourth-order valence-corrected chi connectivity index (χ4v) is 3.43. The maximum atomic E-state index is 12.7. The summed E-state index contributed by atoms with van der Waals surface area (Å²) in [5, 5.41) is 9.38. The van der Waals surface area contributed by atoms with Crippen LogP contribution in [0.3, 0.4) is 0 Å². The Morgan fingerprint density at radius 2 is 1.80 bits per heavy atom. The van der Waals surface area contributed by atoms with Crippen LogP contribution in [0.1, 0.15) is 42.7 Å². The van der Waals surface area contributed by atoms with Crippen LogP contribution in [0, 0.1) is 0 Å². The predicted octanol–water partition coefficient (Wildman–Crippen LogP) is 2.60. The molecule has 5 heteroatoms. The molecular weight excluding hydrogens is 316 g/mol. The molecule has 1 atom stereocenters. The molecule has 2 aromatic rings. The van der Waals surface area contributed by atoms with Crippen LogP contribution in [-0.2, 0) is 11.8 Å². The normalized spacial score (nSPS) is 16.6. The van der Waals surface area contributed by atoms with Crippen molar-refractivity contribution in [3.05, 3.63) is 64.1 Å². The Morgan fingerprint density at radius 1 is 1.16 bits per heavy atom. The fraction of sp³-hybridized carbons (Fsp3) is 0.400. The molecule has 0 bridgehead atoms. The van der Waals surface area contributed by atoms with E-state index in [0.29, 0.717) is 19.0 Å². The molecule has 0 radical (unpaired) electrons. The van der Waals surface area contributed by atoms with Crippen molar-refractivity contribution in [2.75, 3.05) is 13.1 Å². The number of phenols is 1. The lowest BCUT2D eigenvalue weighted by atomic mass is 9.89. The van der Waals surface area contributed by atoms with E-state index in [1.54, 1.807) is 41.9 Å². The van der Waals surface area contributed by atoms with Gasteiger partial charge in [-0.3, -0.25) is 9.59 Å². The van der Waals surface area contributed by atoms with Gasteiger partial charge in [0.05, 0.1) is 5.92 Å². The van der Waals surface area contributed by atoms with Crippen molar-refractivity contribution in [2.24, 2.45) is 7.05 Å². The number of aryl methyl sites for hydroxylation is 1. The number of likely N-dealkylation sites (tertiary alicyclic amines) is 1. The second-order valence-corrected chi connectivity index (χ2v) is 6.82. The zero-order valence-corrected chi connectivity index (χ0v) is 14.7. The third-order valence-electron chi connectivity index (χ3n) is 5.17. The van der Waals surface area contributed by atoms with E-state index in [-0.39, 0.29) is 23.1 Å². The van der Waals surface area contributed by atoms with E-state index in [4.69, 9.17) is 0 Å². The third kappa shape index (κ3) is 3.76. The number of hydrogen-bond acceptors (Lipinski definition) is 3. The predicted molar refractivity (Wildman–Crippen MR) is 96.8 cm³/mol. The van der Waals surface area contributed by atoms with Gasteiger partial charge in [0.2, 0.25) is 5.91 Å². The molecule has 25 heavy (non-hydrogen) atoms. The molecule has 1 aliphatic heterocycles. The molecule has 5 nitrogen and oxygen atoms in total. The second-order valence-electron chi connectivity index (χ2n) is 6.82. The fourth-order valence-electron chi connectivity index (χ4n) is 3.43. The number of aromatic hydroxyl groups is 1. The highest BCUT2D eigenvalue weighted by atomic mass is 16.3. The van der Waals surface area contributed by atoms with Crippen molar-refractivity contribution in [1.82, 2.24) is 9.47 Å². The lowest BCUT2D eigenvalue weighted by Crippen LogP contribution is -2.40. The minimum absolute atomic E-state index is 0.0111. The number of carbonyl (C=O) groups excluding carboxylic acids is 1. The molecule has 1 N–H and O–H groups in total. The molecule has 1 aliphatic rings. The first-order valence-corrected chi connectivity index (χ1v) is 8.70. The monoisotopic (exact) mass is 340 g/mol. The number of carbonyl (C=O) groups is 1. The zero-order valence-electron chi connectivity index (χ0n) is 14.7. The number of amides is 1. The summed E-state index contributed by atoms with van der Waals surface area (Å²) in [5.74, 6) is 0.439. The summed E-state index contributed by atoms with van der Waals surface area (Å²) < 4.78 is 1.57. The van der Waals surface area contributed by atoms with Gasteiger partial charge < -0.3 is 14.6 Å². The van der Waals surface area contributed by atoms with Gasteiger partial charge in [-0.15, -0.1) is 0 Å². The summed E-state index contributed by atoms with van der Waals surface area (Å²) in [5.41, 5.74) is 2.00. The van der Waals surface area contributed by atoms with E-state index in [9.17, 15) is 14.7 Å². The van der Waals surface area contributed by atoms with E-state index in [1.807, 2.05) is 24.1 Å². The number of nitrogens with zero attached hydrogens (tertiary/aromatic N) is 2. The van der Waals surface area contributed by atoms with E-state index in [1.165, 1.54) is 0 Å². The van der Waals surface area contributed by atoms with Gasteiger partial charge >= 0.3 is 0 Å². The van der Waals surface area contributed by atoms with Crippen molar-refractivity contribution in [2.45, 2.75) is 31.6 Å². The Balaban J connectivity index is 1.63. The summed E-state index contributed by atoms with van der Waals surface area (Å²) in [6.45, 7) is 3.32. The molecule has 1 unspecified atom stereocenters. The van der Waals surface area contributed by atoms with Gasteiger partial charge in [-0.1, -0.05) is 12.1 Å². The number of phenolic OH excluding ortho intramolecular Hbond substituents is 1. The second kappa shape index (κ2) is 7.13. The van der Waals surface area contributed by atoms with Crippen LogP contribution in [0.4, 0.5) is 0 Å². The molecule has 1 fully saturated rings. The SMILES string of the molecule is CC(C(=O)N1CCC(c2ccn(C)c(=O)c2)CC1)c1ccc(O)cc1. The van der Waals surface area contributed by atoms with Gasteiger partial charge in [0.15, 0.2) is 0 Å². The smallest absolute Gasteiger partial charge is 0.250 e. The van der Waals surface area contributed by atoms with Gasteiger partial charge in [-0.05, 0) is 55.0 Å². The number of rotatable bonds is 3. The molecule has 1 aromatic carbocycles. The maximum Gasteiger partial charge on any atom is 0.250 e. The average molecular weight is 340 g/mol. The third-order valence-corrected chi connectivity index (χ3v) is 5.17. The highest BCUT2D eigenvalue weighted by molar-refractivity contribution is 5.83. The van der Waals surface area contributed by atoms with Gasteiger partial charge in [0.25, 0.3) is 5.56 Å². The van der Waals surface area contributed by atoms with Crippen LogP contribution < -0.4 is 5.56 Å². The highest BCUT2D eigenvalue weighted by Gasteiger charge is 2.27. The summed E-state index contributed by atoms with van der Waals surface area (Å²) in [4.78, 5) is 26.5. The number of benzene rings is 1. The molecule has 3 rings (SSSR count). The van der Waals surface area contributed by atoms with E-state index in [0.717, 1.165) is 24.0 Å². The van der Waals surface area contributed by atoms with Crippen molar-refractivity contribution < 1.29 is 9.90 Å². The highest BCUT2D eigenvalue weighted by Crippen LogP contribution is 2.29. The van der Waals surface area contributed by atoms with Gasteiger partial charge in [0, 0.05) is 32.4 Å². The minimum atomic E-state index is -0.221. The lowest BCUT2D eigenvalue weighted by Gasteiger charge is -2.34. The average Bonchev–Trinajstić information content (AvgIpc) is 2.63. The molecule has 1 aromatic heterocycles. The summed E-state index contributed by atoms with van der Waals surface area (Å²) in [6.07, 6.45) is 3.56. The maximum absolute atomic E-state index is 12.7. The standard InChI is InChI=1S/C20H24N2O3/c1-14(15-3-5-18(23)6-4-15)20(25)22-11-8-16(9-12-22)17-7-10-21(2)19(24)13-17/h3-7,10,13-14,16,23H,8-9,11-12H2,1-2H3. The van der Waals surface area contributed by atoms with Crippen molar-refractivity contribution in [3.63, 3.8) is 0 Å². The van der Waals surface area contributed by atoms with Crippen molar-refractivity contribution in [1.29, 1.82) is 0 Å². The number of pyridine rings is 1. The molecule has 132 valence electrons. The Hall–Kier alpha value is -2.56. The van der Waals surface area contributed by atoms with E-state index in [2.05, 4.69) is 0 Å². The first-order valence-electron chi connectivity index (χ1n) is 8.70. The molecule has 0 saturated carbocycles. The van der Waals surface area contributed by atoms with Crippen LogP contribution >= 0.6 is 0 Å². The lowest BCUT2D eigenvalue weighted by molar-refractivity contribution is -0.133. The number of piperidine rings is 1. The Labute approximate surface area is 147 Å². The van der Waals surface area contributed by atoms with E-state index >= 15 is 0 Å². The molecule has 2 heterocycles. The summed E-state index contributed by atoms with van der Waals surface area (Å²) >= 11 is 0. The van der Waals surface area contributed by atoms with E-state index < -0.39 is 0 Å². The van der Waals surface area contributed by atoms with Crippen LogP contribution in [0.2, 0.25) is 0 Å². The van der Waals surface area contributed by atoms with Crippen molar-refractivity contribution >= 4 is 5.91 Å². The van der Waals surface area contributed by atoms with Crippen LogP contribution in [0.5, 0.6) is 5.75 Å². The van der Waals surface area contributed by atoms with Gasteiger partial charge in [0.1, 0.15) is 5.75 Å². The minimum Gasteiger partial charge on any atom is -0.508 e. The largest absolute Gasteiger partial charge is 0.508 e. The topological polar surface area (TPSA) is 62.5 Å². The number of hydrogen-bond donors (Lipinski definition) is 1. The Bertz CT molecular complexity index is 802. The molecule has 1 amide bonds. The van der Waals surface area contributed by atoms with Crippen LogP contribution in [0.15, 0.2) is 47.4 Å². The molecular formula is C20H24N2O3. The quantitative estimate of drug-likeness (QED) is 0.934. The summed E-state index contributed by atoms with van der Waals surface area (Å²) in [7, 11) is 1.75. The van der Waals surface area contributed by atoms with Gasteiger partial charge in [-0.2, -0.15) is 0 Å².